The van der Waals surface area contributed by atoms with Crippen LogP contribution >= 0.6 is 11.3 Å². The summed E-state index contributed by atoms with van der Waals surface area (Å²) >= 11 is 1.48. The van der Waals surface area contributed by atoms with E-state index in [1.54, 1.807) is 25.1 Å². The summed E-state index contributed by atoms with van der Waals surface area (Å²) in [6.45, 7) is 1.95. The lowest BCUT2D eigenvalue weighted by Gasteiger charge is -2.07. The van der Waals surface area contributed by atoms with E-state index in [1.165, 1.54) is 11.3 Å². The van der Waals surface area contributed by atoms with E-state index in [0.717, 1.165) is 10.4 Å². The van der Waals surface area contributed by atoms with E-state index < -0.39 is 0 Å². The van der Waals surface area contributed by atoms with Crippen molar-refractivity contribution < 1.29 is 15.0 Å². The quantitative estimate of drug-likeness (QED) is 0.760. The van der Waals surface area contributed by atoms with E-state index in [0.29, 0.717) is 12.1 Å². The van der Waals surface area contributed by atoms with Crippen LogP contribution in [0.1, 0.15) is 26.4 Å². The number of phenols is 1. The van der Waals surface area contributed by atoms with Gasteiger partial charge in [-0.2, -0.15) is 0 Å². The minimum atomic E-state index is -0.312. The largest absolute Gasteiger partial charge is 0.507 e. The number of phenolic OH excluding ortho intramolecular Hbond substituents is 1. The second kappa shape index (κ2) is 6.93. The predicted octanol–water partition coefficient (Wildman–Crippen LogP) is 2.04. The van der Waals surface area contributed by atoms with Crippen LogP contribution in [0.2, 0.25) is 0 Å². The zero-order valence-corrected chi connectivity index (χ0v) is 12.3. The van der Waals surface area contributed by atoms with Gasteiger partial charge in [-0.25, -0.2) is 0 Å². The van der Waals surface area contributed by atoms with Crippen LogP contribution in [-0.4, -0.2) is 22.7 Å². The molecule has 1 amide bonds. The SMILES string of the molecule is Cc1cccc(C(=O)NCc2cc(C#CCO)cs2)c1O. The van der Waals surface area contributed by atoms with Crippen LogP contribution in [0.3, 0.4) is 0 Å². The average Bonchev–Trinajstić information content (AvgIpc) is 2.93. The third kappa shape index (κ3) is 3.85. The number of carbonyl (C=O) groups is 1. The molecule has 21 heavy (non-hydrogen) atoms. The lowest BCUT2D eigenvalue weighted by molar-refractivity contribution is 0.0948. The molecule has 0 saturated carbocycles. The van der Waals surface area contributed by atoms with Crippen molar-refractivity contribution in [2.45, 2.75) is 13.5 Å². The van der Waals surface area contributed by atoms with Crippen LogP contribution in [-0.2, 0) is 6.54 Å². The molecule has 0 aliphatic carbocycles. The molecule has 3 N–H and O–H groups in total. The second-order valence-corrected chi connectivity index (χ2v) is 5.41. The highest BCUT2D eigenvalue weighted by Gasteiger charge is 2.12. The van der Waals surface area contributed by atoms with Gasteiger partial charge in [0.15, 0.2) is 0 Å². The summed E-state index contributed by atoms with van der Waals surface area (Å²) in [4.78, 5) is 13.0. The van der Waals surface area contributed by atoms with Gasteiger partial charge in [-0.05, 0) is 24.6 Å². The Balaban J connectivity index is 2.01. The molecule has 1 aromatic carbocycles. The zero-order valence-electron chi connectivity index (χ0n) is 11.5. The molecule has 4 nitrogen and oxygen atoms in total. The third-order valence-corrected chi connectivity index (χ3v) is 3.81. The molecule has 1 heterocycles. The van der Waals surface area contributed by atoms with E-state index >= 15 is 0 Å². The number of thiophene rings is 1. The third-order valence-electron chi connectivity index (χ3n) is 2.87. The summed E-state index contributed by atoms with van der Waals surface area (Å²) in [5.74, 6) is 5.08. The molecule has 2 rings (SSSR count). The molecule has 0 unspecified atom stereocenters. The molecule has 0 aliphatic heterocycles. The smallest absolute Gasteiger partial charge is 0.255 e. The number of aliphatic hydroxyl groups excluding tert-OH is 1. The van der Waals surface area contributed by atoms with Crippen LogP contribution in [0.15, 0.2) is 29.6 Å². The van der Waals surface area contributed by atoms with Crippen LogP contribution in [0, 0.1) is 18.8 Å². The first-order valence-electron chi connectivity index (χ1n) is 6.35. The molecule has 0 saturated heterocycles. The Morgan fingerprint density at radius 2 is 2.24 bits per heavy atom. The van der Waals surface area contributed by atoms with Gasteiger partial charge < -0.3 is 15.5 Å². The van der Waals surface area contributed by atoms with Crippen molar-refractivity contribution in [3.63, 3.8) is 0 Å². The highest BCUT2D eigenvalue weighted by Crippen LogP contribution is 2.21. The van der Waals surface area contributed by atoms with Gasteiger partial charge >= 0.3 is 0 Å². The van der Waals surface area contributed by atoms with Crippen LogP contribution in [0.4, 0.5) is 0 Å². The highest BCUT2D eigenvalue weighted by molar-refractivity contribution is 7.10. The maximum atomic E-state index is 12.0. The molecule has 0 spiro atoms. The van der Waals surface area contributed by atoms with E-state index in [1.807, 2.05) is 11.4 Å². The fourth-order valence-corrected chi connectivity index (χ4v) is 2.54. The van der Waals surface area contributed by atoms with Gasteiger partial charge in [0.25, 0.3) is 5.91 Å². The summed E-state index contributed by atoms with van der Waals surface area (Å²) in [5, 5.41) is 23.1. The number of nitrogens with one attached hydrogen (secondary N) is 1. The summed E-state index contributed by atoms with van der Waals surface area (Å²) < 4.78 is 0. The number of hydrogen-bond donors (Lipinski definition) is 3. The van der Waals surface area contributed by atoms with Crippen LogP contribution in [0.25, 0.3) is 0 Å². The second-order valence-electron chi connectivity index (χ2n) is 4.42. The van der Waals surface area contributed by atoms with Crippen molar-refractivity contribution in [1.82, 2.24) is 5.32 Å². The van der Waals surface area contributed by atoms with Gasteiger partial charge in [-0.1, -0.05) is 24.0 Å². The number of hydrogen-bond acceptors (Lipinski definition) is 4. The molecule has 2 aromatic rings. The van der Waals surface area contributed by atoms with Crippen LogP contribution in [0.5, 0.6) is 5.75 Å². The minimum Gasteiger partial charge on any atom is -0.507 e. The topological polar surface area (TPSA) is 69.6 Å². The summed E-state index contributed by atoms with van der Waals surface area (Å²) in [7, 11) is 0. The molecule has 5 heteroatoms. The fourth-order valence-electron chi connectivity index (χ4n) is 1.79. The maximum absolute atomic E-state index is 12.0. The number of amides is 1. The zero-order chi connectivity index (χ0) is 15.2. The van der Waals surface area contributed by atoms with Crippen molar-refractivity contribution in [2.24, 2.45) is 0 Å². The Morgan fingerprint density at radius 3 is 3.00 bits per heavy atom. The molecule has 0 atom stereocenters. The molecule has 1 aromatic heterocycles. The fraction of sp³-hybridized carbons (Fsp3) is 0.188. The number of benzene rings is 1. The van der Waals surface area contributed by atoms with Gasteiger partial charge in [0, 0.05) is 15.8 Å². The van der Waals surface area contributed by atoms with E-state index in [2.05, 4.69) is 17.2 Å². The number of aryl methyl sites for hydroxylation is 1. The molecule has 0 radical (unpaired) electrons. The summed E-state index contributed by atoms with van der Waals surface area (Å²) in [6, 6.07) is 6.93. The molecular formula is C16H15NO3S. The average molecular weight is 301 g/mol. The molecule has 0 bridgehead atoms. The van der Waals surface area contributed by atoms with Gasteiger partial charge in [0.2, 0.25) is 0 Å². The van der Waals surface area contributed by atoms with Gasteiger partial charge in [0.05, 0.1) is 12.1 Å². The minimum absolute atomic E-state index is 0.00989. The summed E-state index contributed by atoms with van der Waals surface area (Å²) in [6.07, 6.45) is 0. The van der Waals surface area contributed by atoms with Crippen molar-refractivity contribution in [1.29, 1.82) is 0 Å². The molecular weight excluding hydrogens is 286 g/mol. The Labute approximate surface area is 127 Å². The Hall–Kier alpha value is -2.29. The molecule has 0 fully saturated rings. The summed E-state index contributed by atoms with van der Waals surface area (Å²) in [5.41, 5.74) is 1.75. The van der Waals surface area contributed by atoms with Crippen molar-refractivity contribution in [3.8, 4) is 17.6 Å². The number of rotatable bonds is 3. The normalized spacial score (nSPS) is 9.81. The molecule has 108 valence electrons. The Kier molecular flexibility index (Phi) is 4.99. The van der Waals surface area contributed by atoms with Gasteiger partial charge in [-0.15, -0.1) is 11.3 Å². The number of aliphatic hydroxyl groups is 1. The van der Waals surface area contributed by atoms with Crippen molar-refractivity contribution >= 4 is 17.2 Å². The van der Waals surface area contributed by atoms with Gasteiger partial charge in [0.1, 0.15) is 12.4 Å². The van der Waals surface area contributed by atoms with E-state index in [9.17, 15) is 9.90 Å². The van der Waals surface area contributed by atoms with E-state index in [4.69, 9.17) is 5.11 Å². The van der Waals surface area contributed by atoms with Gasteiger partial charge in [-0.3, -0.25) is 4.79 Å². The maximum Gasteiger partial charge on any atom is 0.255 e. The standard InChI is InChI=1S/C16H15NO3S/c1-11-4-2-6-14(15(11)19)16(20)17-9-13-8-12(10-21-13)5-3-7-18/h2,4,6,8,10,18-19H,7,9H2,1H3,(H,17,20). The first-order chi connectivity index (χ1) is 10.1. The first kappa shape index (κ1) is 15.1. The first-order valence-corrected chi connectivity index (χ1v) is 7.23. The number of para-hydroxylation sites is 1. The van der Waals surface area contributed by atoms with Crippen LogP contribution < -0.4 is 5.32 Å². The highest BCUT2D eigenvalue weighted by atomic mass is 32.1. The monoisotopic (exact) mass is 301 g/mol. The Morgan fingerprint density at radius 1 is 1.43 bits per heavy atom. The van der Waals surface area contributed by atoms with Crippen molar-refractivity contribution in [2.75, 3.05) is 6.61 Å². The number of aromatic hydroxyl groups is 1. The van der Waals surface area contributed by atoms with E-state index in [-0.39, 0.29) is 23.8 Å². The lowest BCUT2D eigenvalue weighted by Crippen LogP contribution is -2.22. The Bertz CT molecular complexity index is 710. The lowest BCUT2D eigenvalue weighted by atomic mass is 10.1. The predicted molar refractivity (Wildman–Crippen MR) is 82.3 cm³/mol. The van der Waals surface area contributed by atoms with Crippen molar-refractivity contribution in [3.05, 3.63) is 51.2 Å². The molecule has 0 aliphatic rings. The number of carbonyl (C=O) groups excluding carboxylic acids is 1.